The highest BCUT2D eigenvalue weighted by molar-refractivity contribution is 6.32. The molecule has 0 saturated heterocycles. The van der Waals surface area contributed by atoms with Crippen molar-refractivity contribution >= 4 is 23.2 Å². The fourth-order valence-electron chi connectivity index (χ4n) is 2.09. The number of anilines is 1. The Hall–Kier alpha value is -2.08. The van der Waals surface area contributed by atoms with Crippen molar-refractivity contribution in [1.82, 2.24) is 0 Å². The van der Waals surface area contributed by atoms with E-state index in [0.717, 1.165) is 5.56 Å². The van der Waals surface area contributed by atoms with Crippen molar-refractivity contribution in [1.29, 1.82) is 0 Å². The second-order valence-corrected chi connectivity index (χ2v) is 5.62. The van der Waals surface area contributed by atoms with Crippen LogP contribution >= 0.6 is 11.6 Å². The second kappa shape index (κ2) is 10.7. The Kier molecular flexibility index (Phi) is 8.25. The molecule has 0 aliphatic carbocycles. The van der Waals surface area contributed by atoms with Crippen LogP contribution < -0.4 is 10.1 Å². The van der Waals surface area contributed by atoms with E-state index in [2.05, 4.69) is 5.32 Å². The fourth-order valence-corrected chi connectivity index (χ4v) is 2.28. The van der Waals surface area contributed by atoms with Crippen LogP contribution in [0.3, 0.4) is 0 Å². The van der Waals surface area contributed by atoms with Crippen molar-refractivity contribution in [3.8, 4) is 5.75 Å². The third-order valence-corrected chi connectivity index (χ3v) is 3.56. The average molecular weight is 364 g/mol. The summed E-state index contributed by atoms with van der Waals surface area (Å²) in [5.74, 6) is 0.227. The standard InChI is InChI=1S/C19H22ClNO4/c1-2-23-10-11-24-13-15-6-5-7-16(12-15)21-19(22)14-25-18-9-4-3-8-17(18)20/h3-9,12H,2,10-11,13-14H2,1H3,(H,21,22). The van der Waals surface area contributed by atoms with Crippen LogP contribution in [0.2, 0.25) is 5.02 Å². The first kappa shape index (κ1) is 19.2. The van der Waals surface area contributed by atoms with E-state index in [1.807, 2.05) is 31.2 Å². The van der Waals surface area contributed by atoms with Gasteiger partial charge in [0.1, 0.15) is 5.75 Å². The van der Waals surface area contributed by atoms with Gasteiger partial charge in [0.15, 0.2) is 6.61 Å². The van der Waals surface area contributed by atoms with Gasteiger partial charge >= 0.3 is 0 Å². The summed E-state index contributed by atoms with van der Waals surface area (Å²) in [6.07, 6.45) is 0. The van der Waals surface area contributed by atoms with Gasteiger partial charge in [-0.25, -0.2) is 0 Å². The topological polar surface area (TPSA) is 56.8 Å². The van der Waals surface area contributed by atoms with Crippen LogP contribution in [-0.4, -0.2) is 32.3 Å². The molecule has 0 aromatic heterocycles. The van der Waals surface area contributed by atoms with Crippen LogP contribution in [0, 0.1) is 0 Å². The van der Waals surface area contributed by atoms with E-state index in [9.17, 15) is 4.79 Å². The summed E-state index contributed by atoms with van der Waals surface area (Å²) in [5, 5.41) is 3.27. The molecule has 0 radical (unpaired) electrons. The zero-order chi connectivity index (χ0) is 17.9. The lowest BCUT2D eigenvalue weighted by Crippen LogP contribution is -2.20. The average Bonchev–Trinajstić information content (AvgIpc) is 2.61. The molecule has 1 amide bonds. The molecule has 2 aromatic rings. The normalized spacial score (nSPS) is 10.5. The summed E-state index contributed by atoms with van der Waals surface area (Å²) in [5.41, 5.74) is 1.67. The number of hydrogen-bond acceptors (Lipinski definition) is 4. The Morgan fingerprint density at radius 3 is 2.68 bits per heavy atom. The van der Waals surface area contributed by atoms with Gasteiger partial charge in [-0.1, -0.05) is 35.9 Å². The largest absolute Gasteiger partial charge is 0.482 e. The number of amides is 1. The quantitative estimate of drug-likeness (QED) is 0.650. The number of benzene rings is 2. The zero-order valence-electron chi connectivity index (χ0n) is 14.2. The highest BCUT2D eigenvalue weighted by Crippen LogP contribution is 2.23. The number of halogens is 1. The maximum absolute atomic E-state index is 12.0. The molecule has 0 heterocycles. The first-order chi connectivity index (χ1) is 12.2. The van der Waals surface area contributed by atoms with Crippen LogP contribution in [-0.2, 0) is 20.9 Å². The lowest BCUT2D eigenvalue weighted by atomic mass is 10.2. The van der Waals surface area contributed by atoms with Crippen molar-refractivity contribution in [3.05, 3.63) is 59.1 Å². The number of hydrogen-bond donors (Lipinski definition) is 1. The van der Waals surface area contributed by atoms with Crippen LogP contribution in [0.4, 0.5) is 5.69 Å². The summed E-state index contributed by atoms with van der Waals surface area (Å²) in [7, 11) is 0. The van der Waals surface area contributed by atoms with E-state index in [1.165, 1.54) is 0 Å². The van der Waals surface area contributed by atoms with Gasteiger partial charge in [0.05, 0.1) is 24.8 Å². The minimum absolute atomic E-state index is 0.112. The molecule has 0 saturated carbocycles. The fraction of sp³-hybridized carbons (Fsp3) is 0.316. The van der Waals surface area contributed by atoms with Crippen molar-refractivity contribution in [3.63, 3.8) is 0 Å². The highest BCUT2D eigenvalue weighted by Gasteiger charge is 2.06. The third kappa shape index (κ3) is 7.13. The number of rotatable bonds is 10. The first-order valence-corrected chi connectivity index (χ1v) is 8.48. The molecule has 0 bridgehead atoms. The van der Waals surface area contributed by atoms with E-state index in [0.29, 0.717) is 42.9 Å². The van der Waals surface area contributed by atoms with Crippen molar-refractivity contribution in [2.45, 2.75) is 13.5 Å². The molecule has 25 heavy (non-hydrogen) atoms. The Morgan fingerprint density at radius 2 is 1.88 bits per heavy atom. The van der Waals surface area contributed by atoms with Crippen molar-refractivity contribution < 1.29 is 19.0 Å². The van der Waals surface area contributed by atoms with Crippen LogP contribution in [0.1, 0.15) is 12.5 Å². The smallest absolute Gasteiger partial charge is 0.262 e. The molecule has 5 nitrogen and oxygen atoms in total. The number of carbonyl (C=O) groups is 1. The van der Waals surface area contributed by atoms with Gasteiger partial charge < -0.3 is 19.5 Å². The number of carbonyl (C=O) groups excluding carboxylic acids is 1. The van der Waals surface area contributed by atoms with Gasteiger partial charge in [-0.15, -0.1) is 0 Å². The summed E-state index contributed by atoms with van der Waals surface area (Å²) in [6.45, 7) is 4.09. The highest BCUT2D eigenvalue weighted by atomic mass is 35.5. The molecule has 0 spiro atoms. The summed E-state index contributed by atoms with van der Waals surface area (Å²) < 4.78 is 16.2. The second-order valence-electron chi connectivity index (χ2n) is 5.22. The van der Waals surface area contributed by atoms with Crippen LogP contribution in [0.25, 0.3) is 0 Å². The minimum Gasteiger partial charge on any atom is -0.482 e. The number of para-hydroxylation sites is 1. The van der Waals surface area contributed by atoms with Gasteiger partial charge in [-0.2, -0.15) is 0 Å². The van der Waals surface area contributed by atoms with E-state index in [1.54, 1.807) is 24.3 Å². The molecule has 1 N–H and O–H groups in total. The Morgan fingerprint density at radius 1 is 1.08 bits per heavy atom. The molecule has 2 aromatic carbocycles. The molecular formula is C19H22ClNO4. The summed E-state index contributed by atoms with van der Waals surface area (Å²) in [4.78, 5) is 12.0. The van der Waals surface area contributed by atoms with E-state index in [-0.39, 0.29) is 12.5 Å². The molecule has 134 valence electrons. The van der Waals surface area contributed by atoms with E-state index in [4.69, 9.17) is 25.8 Å². The van der Waals surface area contributed by atoms with Crippen LogP contribution in [0.15, 0.2) is 48.5 Å². The predicted molar refractivity (Wildman–Crippen MR) is 98.2 cm³/mol. The van der Waals surface area contributed by atoms with Gasteiger partial charge in [-0.05, 0) is 36.8 Å². The zero-order valence-corrected chi connectivity index (χ0v) is 14.9. The molecule has 6 heteroatoms. The van der Waals surface area contributed by atoms with Gasteiger partial charge in [0.25, 0.3) is 5.91 Å². The van der Waals surface area contributed by atoms with Gasteiger partial charge in [0.2, 0.25) is 0 Å². The van der Waals surface area contributed by atoms with Crippen LogP contribution in [0.5, 0.6) is 5.75 Å². The molecule has 0 atom stereocenters. The Labute approximate surface area is 152 Å². The summed E-state index contributed by atoms with van der Waals surface area (Å²) >= 11 is 5.99. The molecule has 2 rings (SSSR count). The maximum Gasteiger partial charge on any atom is 0.262 e. The summed E-state index contributed by atoms with van der Waals surface area (Å²) in [6, 6.07) is 14.5. The molecule has 0 aliphatic rings. The molecule has 0 fully saturated rings. The Bertz CT molecular complexity index is 678. The number of nitrogens with one attached hydrogen (secondary N) is 1. The van der Waals surface area contributed by atoms with Crippen molar-refractivity contribution in [2.24, 2.45) is 0 Å². The van der Waals surface area contributed by atoms with Crippen molar-refractivity contribution in [2.75, 3.05) is 31.7 Å². The minimum atomic E-state index is -0.255. The molecule has 0 unspecified atom stereocenters. The predicted octanol–water partition coefficient (Wildman–Crippen LogP) is 3.91. The van der Waals surface area contributed by atoms with E-state index >= 15 is 0 Å². The lowest BCUT2D eigenvalue weighted by molar-refractivity contribution is -0.118. The van der Waals surface area contributed by atoms with Gasteiger partial charge in [-0.3, -0.25) is 4.79 Å². The molecule has 0 aliphatic heterocycles. The SMILES string of the molecule is CCOCCOCc1cccc(NC(=O)COc2ccccc2Cl)c1. The first-order valence-electron chi connectivity index (χ1n) is 8.10. The number of ether oxygens (including phenoxy) is 3. The lowest BCUT2D eigenvalue weighted by Gasteiger charge is -2.10. The maximum atomic E-state index is 12.0. The molecular weight excluding hydrogens is 342 g/mol. The Balaban J connectivity index is 1.78. The third-order valence-electron chi connectivity index (χ3n) is 3.25. The monoisotopic (exact) mass is 363 g/mol. The van der Waals surface area contributed by atoms with E-state index < -0.39 is 0 Å². The van der Waals surface area contributed by atoms with Gasteiger partial charge in [0, 0.05) is 12.3 Å².